The van der Waals surface area contributed by atoms with Crippen molar-refractivity contribution in [1.82, 2.24) is 15.2 Å². The van der Waals surface area contributed by atoms with Crippen molar-refractivity contribution in [2.24, 2.45) is 0 Å². The van der Waals surface area contributed by atoms with Crippen LogP contribution >= 0.6 is 0 Å². The van der Waals surface area contributed by atoms with Gasteiger partial charge in [0.2, 0.25) is 0 Å². The number of nitrogens with one attached hydrogen (secondary N) is 1. The van der Waals surface area contributed by atoms with E-state index in [1.165, 1.54) is 12.0 Å². The van der Waals surface area contributed by atoms with Gasteiger partial charge in [-0.25, -0.2) is 0 Å². The molecule has 0 radical (unpaired) electrons. The number of aryl methyl sites for hydroxylation is 1. The molecule has 1 aromatic heterocycles. The third-order valence-electron chi connectivity index (χ3n) is 3.28. The molecule has 0 saturated carbocycles. The molecule has 0 aliphatic carbocycles. The minimum Gasteiger partial charge on any atom is -0.313 e. The summed E-state index contributed by atoms with van der Waals surface area (Å²) in [7, 11) is 0. The van der Waals surface area contributed by atoms with Gasteiger partial charge in [0.25, 0.3) is 0 Å². The summed E-state index contributed by atoms with van der Waals surface area (Å²) in [6.45, 7) is 11.2. The molecule has 0 aliphatic heterocycles. The number of nitrogens with zero attached hydrogens (tertiary/aromatic N) is 2. The van der Waals surface area contributed by atoms with Crippen LogP contribution in [0.3, 0.4) is 0 Å². The first-order chi connectivity index (χ1) is 8.76. The maximum absolute atomic E-state index is 4.13. The van der Waals surface area contributed by atoms with Gasteiger partial charge in [-0.2, -0.15) is 0 Å². The van der Waals surface area contributed by atoms with E-state index in [4.69, 9.17) is 0 Å². The summed E-state index contributed by atoms with van der Waals surface area (Å²) in [5, 5.41) is 3.59. The fourth-order valence-corrected chi connectivity index (χ4v) is 2.12. The zero-order valence-corrected chi connectivity index (χ0v) is 12.0. The van der Waals surface area contributed by atoms with Crippen molar-refractivity contribution in [3.05, 3.63) is 30.1 Å². The third-order valence-corrected chi connectivity index (χ3v) is 3.28. The highest BCUT2D eigenvalue weighted by molar-refractivity contribution is 5.08. The van der Waals surface area contributed by atoms with Gasteiger partial charge in [-0.3, -0.25) is 4.98 Å². The molecular formula is C15H27N3. The molecule has 18 heavy (non-hydrogen) atoms. The summed E-state index contributed by atoms with van der Waals surface area (Å²) < 4.78 is 0. The Kier molecular flexibility index (Phi) is 7.62. The van der Waals surface area contributed by atoms with Crippen LogP contribution in [-0.2, 0) is 6.42 Å². The van der Waals surface area contributed by atoms with Gasteiger partial charge in [-0.1, -0.05) is 19.9 Å². The van der Waals surface area contributed by atoms with Crippen molar-refractivity contribution in [2.45, 2.75) is 39.7 Å². The fraction of sp³-hybridized carbons (Fsp3) is 0.667. The van der Waals surface area contributed by atoms with E-state index in [-0.39, 0.29) is 0 Å². The second-order valence-electron chi connectivity index (χ2n) is 4.81. The first-order valence-corrected chi connectivity index (χ1v) is 7.10. The summed E-state index contributed by atoms with van der Waals surface area (Å²) >= 11 is 0. The second-order valence-corrected chi connectivity index (χ2v) is 4.81. The zero-order chi connectivity index (χ0) is 13.2. The van der Waals surface area contributed by atoms with Gasteiger partial charge >= 0.3 is 0 Å². The number of likely N-dealkylation sites (N-methyl/N-ethyl adjacent to an activating group) is 1. The first kappa shape index (κ1) is 15.1. The molecule has 1 N–H and O–H groups in total. The van der Waals surface area contributed by atoms with E-state index in [2.05, 4.69) is 42.0 Å². The fourth-order valence-electron chi connectivity index (χ4n) is 2.12. The highest BCUT2D eigenvalue weighted by Gasteiger charge is 2.05. The Morgan fingerprint density at radius 2 is 2.11 bits per heavy atom. The quantitative estimate of drug-likeness (QED) is 0.681. The highest BCUT2D eigenvalue weighted by atomic mass is 15.1. The molecule has 3 heteroatoms. The lowest BCUT2D eigenvalue weighted by atomic mass is 10.1. The predicted molar refractivity (Wildman–Crippen MR) is 77.8 cm³/mol. The molecule has 1 atom stereocenters. The summed E-state index contributed by atoms with van der Waals surface area (Å²) in [6, 6.07) is 4.72. The Morgan fingerprint density at radius 1 is 1.33 bits per heavy atom. The highest BCUT2D eigenvalue weighted by Crippen LogP contribution is 2.00. The van der Waals surface area contributed by atoms with E-state index >= 15 is 0 Å². The van der Waals surface area contributed by atoms with Crippen LogP contribution in [0, 0.1) is 0 Å². The normalized spacial score (nSPS) is 12.9. The molecule has 1 rings (SSSR count). The largest absolute Gasteiger partial charge is 0.313 e. The molecule has 0 amide bonds. The second kappa shape index (κ2) is 9.06. The Bertz CT molecular complexity index is 296. The summed E-state index contributed by atoms with van der Waals surface area (Å²) in [5.41, 5.74) is 1.33. The molecule has 0 aromatic carbocycles. The number of aromatic nitrogens is 1. The molecule has 1 unspecified atom stereocenters. The van der Waals surface area contributed by atoms with Crippen molar-refractivity contribution in [1.29, 1.82) is 0 Å². The molecule has 102 valence electrons. The lowest BCUT2D eigenvalue weighted by Gasteiger charge is -2.23. The lowest BCUT2D eigenvalue weighted by molar-refractivity contribution is 0.271. The number of hydrogen-bond donors (Lipinski definition) is 1. The molecular weight excluding hydrogens is 222 g/mol. The zero-order valence-electron chi connectivity index (χ0n) is 12.0. The Balaban J connectivity index is 2.10. The topological polar surface area (TPSA) is 28.2 Å². The van der Waals surface area contributed by atoms with Crippen LogP contribution in [0.2, 0.25) is 0 Å². The average molecular weight is 249 g/mol. The van der Waals surface area contributed by atoms with Crippen LogP contribution in [0.1, 0.15) is 32.8 Å². The standard InChI is InChI=1S/C15H27N3/c1-4-18(5-2)13-14(3)17-11-7-9-15-8-6-10-16-12-15/h6,8,10,12,14,17H,4-5,7,9,11,13H2,1-3H3. The Labute approximate surface area is 112 Å². The smallest absolute Gasteiger partial charge is 0.0299 e. The lowest BCUT2D eigenvalue weighted by Crippen LogP contribution is -2.39. The summed E-state index contributed by atoms with van der Waals surface area (Å²) in [4.78, 5) is 6.59. The minimum absolute atomic E-state index is 0.568. The Hall–Kier alpha value is -0.930. The summed E-state index contributed by atoms with van der Waals surface area (Å²) in [6.07, 6.45) is 6.07. The van der Waals surface area contributed by atoms with E-state index in [9.17, 15) is 0 Å². The van der Waals surface area contributed by atoms with Gasteiger partial charge in [-0.15, -0.1) is 0 Å². The number of pyridine rings is 1. The molecule has 0 aliphatic rings. The maximum Gasteiger partial charge on any atom is 0.0299 e. The van der Waals surface area contributed by atoms with E-state index in [1.54, 1.807) is 0 Å². The van der Waals surface area contributed by atoms with Crippen molar-refractivity contribution in [3.63, 3.8) is 0 Å². The van der Waals surface area contributed by atoms with E-state index < -0.39 is 0 Å². The van der Waals surface area contributed by atoms with Crippen LogP contribution < -0.4 is 5.32 Å². The van der Waals surface area contributed by atoms with Crippen LogP contribution in [-0.4, -0.2) is 42.1 Å². The molecule has 0 bridgehead atoms. The van der Waals surface area contributed by atoms with Gasteiger partial charge in [0, 0.05) is 25.0 Å². The van der Waals surface area contributed by atoms with Crippen molar-refractivity contribution in [2.75, 3.05) is 26.2 Å². The third kappa shape index (κ3) is 6.12. The van der Waals surface area contributed by atoms with Crippen LogP contribution in [0.5, 0.6) is 0 Å². The summed E-state index contributed by atoms with van der Waals surface area (Å²) in [5.74, 6) is 0. The monoisotopic (exact) mass is 249 g/mol. The van der Waals surface area contributed by atoms with E-state index in [1.807, 2.05) is 18.5 Å². The van der Waals surface area contributed by atoms with Gasteiger partial charge in [0.1, 0.15) is 0 Å². The van der Waals surface area contributed by atoms with Gasteiger partial charge < -0.3 is 10.2 Å². The van der Waals surface area contributed by atoms with Crippen LogP contribution in [0.25, 0.3) is 0 Å². The molecule has 3 nitrogen and oxygen atoms in total. The minimum atomic E-state index is 0.568. The van der Waals surface area contributed by atoms with Crippen molar-refractivity contribution < 1.29 is 0 Å². The van der Waals surface area contributed by atoms with Gasteiger partial charge in [0.15, 0.2) is 0 Å². The number of hydrogen-bond acceptors (Lipinski definition) is 3. The van der Waals surface area contributed by atoms with Crippen molar-refractivity contribution in [3.8, 4) is 0 Å². The predicted octanol–water partition coefficient (Wildman–Crippen LogP) is 2.33. The Morgan fingerprint density at radius 3 is 2.72 bits per heavy atom. The molecule has 0 saturated heterocycles. The molecule has 1 aromatic rings. The SMILES string of the molecule is CCN(CC)CC(C)NCCCc1cccnc1. The van der Waals surface area contributed by atoms with E-state index in [0.29, 0.717) is 6.04 Å². The maximum atomic E-state index is 4.13. The average Bonchev–Trinajstić information content (AvgIpc) is 2.42. The van der Waals surface area contributed by atoms with Crippen molar-refractivity contribution >= 4 is 0 Å². The molecule has 0 spiro atoms. The van der Waals surface area contributed by atoms with Gasteiger partial charge in [0.05, 0.1) is 0 Å². The molecule has 1 heterocycles. The van der Waals surface area contributed by atoms with Crippen LogP contribution in [0.15, 0.2) is 24.5 Å². The van der Waals surface area contributed by atoms with E-state index in [0.717, 1.165) is 32.6 Å². The van der Waals surface area contributed by atoms with Gasteiger partial charge in [-0.05, 0) is 51.0 Å². The first-order valence-electron chi connectivity index (χ1n) is 7.10. The van der Waals surface area contributed by atoms with Crippen LogP contribution in [0.4, 0.5) is 0 Å². The molecule has 0 fully saturated rings. The number of rotatable bonds is 9.